The fourth-order valence-corrected chi connectivity index (χ4v) is 2.73. The van der Waals surface area contributed by atoms with E-state index >= 15 is 0 Å². The molecule has 0 aliphatic carbocycles. The van der Waals surface area contributed by atoms with Crippen molar-refractivity contribution in [1.82, 2.24) is 10.3 Å². The van der Waals surface area contributed by atoms with Gasteiger partial charge in [0.2, 0.25) is 0 Å². The maximum atomic E-state index is 13.2. The molecule has 0 saturated carbocycles. The Labute approximate surface area is 167 Å². The first-order valence-electron chi connectivity index (χ1n) is 9.08. The SMILES string of the molecule is Cc1ncccc1CNC(=O)C(CC(C)C)Oc1ccc(C#N)c(C(F)(F)F)c1. The lowest BCUT2D eigenvalue weighted by Crippen LogP contribution is -2.39. The Morgan fingerprint density at radius 3 is 2.62 bits per heavy atom. The number of carbonyl (C=O) groups excluding carboxylic acids is 1. The molecule has 2 rings (SSSR count). The number of halogens is 3. The van der Waals surface area contributed by atoms with Crippen LogP contribution in [-0.2, 0) is 17.5 Å². The van der Waals surface area contributed by atoms with Gasteiger partial charge in [0, 0.05) is 18.4 Å². The zero-order valence-corrected chi connectivity index (χ0v) is 16.4. The smallest absolute Gasteiger partial charge is 0.417 e. The molecule has 0 spiro atoms. The van der Waals surface area contributed by atoms with Crippen LogP contribution >= 0.6 is 0 Å². The van der Waals surface area contributed by atoms with Gasteiger partial charge in [-0.15, -0.1) is 0 Å². The van der Waals surface area contributed by atoms with Gasteiger partial charge >= 0.3 is 6.18 Å². The van der Waals surface area contributed by atoms with Crippen LogP contribution in [-0.4, -0.2) is 17.0 Å². The van der Waals surface area contributed by atoms with E-state index in [1.54, 1.807) is 12.3 Å². The van der Waals surface area contributed by atoms with E-state index in [1.807, 2.05) is 26.8 Å². The summed E-state index contributed by atoms with van der Waals surface area (Å²) in [5.41, 5.74) is 0.0203. The van der Waals surface area contributed by atoms with E-state index in [0.29, 0.717) is 6.42 Å². The Morgan fingerprint density at radius 2 is 2.03 bits per heavy atom. The van der Waals surface area contributed by atoms with Crippen molar-refractivity contribution in [2.24, 2.45) is 5.92 Å². The zero-order valence-electron chi connectivity index (χ0n) is 16.4. The molecule has 1 atom stereocenters. The number of nitrogens with one attached hydrogen (secondary N) is 1. The molecule has 1 unspecified atom stereocenters. The molecule has 0 aliphatic rings. The van der Waals surface area contributed by atoms with Crippen molar-refractivity contribution in [3.63, 3.8) is 0 Å². The Kier molecular flexibility index (Phi) is 7.21. The summed E-state index contributed by atoms with van der Waals surface area (Å²) in [6, 6.07) is 8.17. The van der Waals surface area contributed by atoms with Crippen molar-refractivity contribution >= 4 is 5.91 Å². The van der Waals surface area contributed by atoms with Gasteiger partial charge in [-0.25, -0.2) is 0 Å². The van der Waals surface area contributed by atoms with E-state index in [4.69, 9.17) is 10.00 Å². The Balaban J connectivity index is 2.19. The number of rotatable bonds is 7. The predicted molar refractivity (Wildman–Crippen MR) is 101 cm³/mol. The highest BCUT2D eigenvalue weighted by Gasteiger charge is 2.34. The average Bonchev–Trinajstić information content (AvgIpc) is 2.65. The van der Waals surface area contributed by atoms with Gasteiger partial charge in [-0.2, -0.15) is 18.4 Å². The van der Waals surface area contributed by atoms with Gasteiger partial charge < -0.3 is 10.1 Å². The number of carbonyl (C=O) groups is 1. The van der Waals surface area contributed by atoms with Crippen molar-refractivity contribution in [2.45, 2.75) is 46.0 Å². The highest BCUT2D eigenvalue weighted by Crippen LogP contribution is 2.34. The molecular weight excluding hydrogens is 383 g/mol. The van der Waals surface area contributed by atoms with Gasteiger partial charge in [0.25, 0.3) is 5.91 Å². The minimum Gasteiger partial charge on any atom is -0.481 e. The highest BCUT2D eigenvalue weighted by molar-refractivity contribution is 5.81. The van der Waals surface area contributed by atoms with E-state index in [0.717, 1.165) is 23.4 Å². The molecule has 0 radical (unpaired) electrons. The molecule has 0 saturated heterocycles. The number of benzene rings is 1. The minimum absolute atomic E-state index is 0.0753. The quantitative estimate of drug-likeness (QED) is 0.741. The molecule has 1 heterocycles. The van der Waals surface area contributed by atoms with Crippen molar-refractivity contribution in [3.8, 4) is 11.8 Å². The lowest BCUT2D eigenvalue weighted by molar-refractivity contribution is -0.137. The van der Waals surface area contributed by atoms with Crippen LogP contribution in [0.4, 0.5) is 13.2 Å². The molecule has 2 aromatic rings. The minimum atomic E-state index is -4.70. The van der Waals surface area contributed by atoms with E-state index in [9.17, 15) is 18.0 Å². The lowest BCUT2D eigenvalue weighted by atomic mass is 10.0. The standard InChI is InChI=1S/C21H22F3N3O2/c1-13(2)9-19(20(28)27-12-16-5-4-8-26-14(16)3)29-17-7-6-15(11-25)18(10-17)21(22,23)24/h4-8,10,13,19H,9,12H2,1-3H3,(H,27,28). The number of hydrogen-bond donors (Lipinski definition) is 1. The molecule has 1 aromatic heterocycles. The molecule has 1 aromatic carbocycles. The Hall–Kier alpha value is -3.08. The largest absolute Gasteiger partial charge is 0.481 e. The number of pyridine rings is 1. The first-order valence-corrected chi connectivity index (χ1v) is 9.08. The first-order chi connectivity index (χ1) is 13.6. The number of aryl methyl sites for hydroxylation is 1. The van der Waals surface area contributed by atoms with Crippen LogP contribution < -0.4 is 10.1 Å². The molecule has 1 amide bonds. The Morgan fingerprint density at radius 1 is 1.31 bits per heavy atom. The number of aromatic nitrogens is 1. The van der Waals surface area contributed by atoms with E-state index in [-0.39, 0.29) is 18.2 Å². The van der Waals surface area contributed by atoms with Crippen LogP contribution in [0.3, 0.4) is 0 Å². The third kappa shape index (κ3) is 6.21. The van der Waals surface area contributed by atoms with Crippen LogP contribution in [0.1, 0.15) is 42.7 Å². The van der Waals surface area contributed by atoms with Crippen molar-refractivity contribution in [3.05, 3.63) is 58.9 Å². The van der Waals surface area contributed by atoms with Crippen LogP contribution in [0.15, 0.2) is 36.5 Å². The summed E-state index contributed by atoms with van der Waals surface area (Å²) in [4.78, 5) is 16.8. The van der Waals surface area contributed by atoms with Crippen molar-refractivity contribution < 1.29 is 22.7 Å². The zero-order chi connectivity index (χ0) is 21.6. The number of nitriles is 1. The summed E-state index contributed by atoms with van der Waals surface area (Å²) in [5, 5.41) is 11.7. The van der Waals surface area contributed by atoms with Crippen LogP contribution in [0, 0.1) is 24.2 Å². The van der Waals surface area contributed by atoms with Gasteiger partial charge in [0.15, 0.2) is 6.10 Å². The Bertz CT molecular complexity index is 905. The third-order valence-corrected chi connectivity index (χ3v) is 4.24. The third-order valence-electron chi connectivity index (χ3n) is 4.24. The number of alkyl halides is 3. The van der Waals surface area contributed by atoms with Gasteiger partial charge in [-0.05, 0) is 49.1 Å². The van der Waals surface area contributed by atoms with Gasteiger partial charge in [0.05, 0.1) is 17.2 Å². The van der Waals surface area contributed by atoms with Crippen LogP contribution in [0.5, 0.6) is 5.75 Å². The van der Waals surface area contributed by atoms with E-state index in [1.165, 1.54) is 12.1 Å². The normalized spacial score (nSPS) is 12.3. The summed E-state index contributed by atoms with van der Waals surface area (Å²) < 4.78 is 45.1. The second kappa shape index (κ2) is 9.41. The van der Waals surface area contributed by atoms with E-state index in [2.05, 4.69) is 10.3 Å². The molecule has 1 N–H and O–H groups in total. The fourth-order valence-electron chi connectivity index (χ4n) is 2.73. The van der Waals surface area contributed by atoms with Gasteiger partial charge in [0.1, 0.15) is 5.75 Å². The number of nitrogens with zero attached hydrogens (tertiary/aromatic N) is 2. The maximum Gasteiger partial charge on any atom is 0.417 e. The summed E-state index contributed by atoms with van der Waals surface area (Å²) in [5.74, 6) is -0.471. The number of amides is 1. The lowest BCUT2D eigenvalue weighted by Gasteiger charge is -2.21. The highest BCUT2D eigenvalue weighted by atomic mass is 19.4. The van der Waals surface area contributed by atoms with Crippen molar-refractivity contribution in [1.29, 1.82) is 5.26 Å². The molecule has 0 bridgehead atoms. The summed E-state index contributed by atoms with van der Waals surface area (Å²) in [6.07, 6.45) is -3.70. The fraction of sp³-hybridized carbons (Fsp3) is 0.381. The summed E-state index contributed by atoms with van der Waals surface area (Å²) in [7, 11) is 0. The average molecular weight is 405 g/mol. The topological polar surface area (TPSA) is 75.0 Å². The molecule has 8 heteroatoms. The summed E-state index contributed by atoms with van der Waals surface area (Å²) >= 11 is 0. The monoisotopic (exact) mass is 405 g/mol. The molecule has 29 heavy (non-hydrogen) atoms. The first kappa shape index (κ1) is 22.2. The molecular formula is C21H22F3N3O2. The number of hydrogen-bond acceptors (Lipinski definition) is 4. The molecule has 154 valence electrons. The molecule has 0 fully saturated rings. The van der Waals surface area contributed by atoms with Crippen molar-refractivity contribution in [2.75, 3.05) is 0 Å². The van der Waals surface area contributed by atoms with Crippen LogP contribution in [0.2, 0.25) is 0 Å². The van der Waals surface area contributed by atoms with Gasteiger partial charge in [-0.3, -0.25) is 9.78 Å². The second-order valence-electron chi connectivity index (χ2n) is 7.02. The number of ether oxygens (including phenoxy) is 1. The second-order valence-corrected chi connectivity index (χ2v) is 7.02. The van der Waals surface area contributed by atoms with Crippen LogP contribution in [0.25, 0.3) is 0 Å². The van der Waals surface area contributed by atoms with Gasteiger partial charge in [-0.1, -0.05) is 19.9 Å². The maximum absolute atomic E-state index is 13.2. The summed E-state index contributed by atoms with van der Waals surface area (Å²) in [6.45, 7) is 5.82. The molecule has 0 aliphatic heterocycles. The molecule has 5 nitrogen and oxygen atoms in total. The predicted octanol–water partition coefficient (Wildman–Crippen LogP) is 4.39. The van der Waals surface area contributed by atoms with E-state index < -0.39 is 29.3 Å².